The number of carbonyl (C=O) groups is 1. The number of aliphatic hydroxyl groups excluding tert-OH is 4. The number of hydrogen-bond acceptors (Lipinski definition) is 6. The Bertz CT molecular complexity index is 446. The summed E-state index contributed by atoms with van der Waals surface area (Å²) in [7, 11) is 0. The van der Waals surface area contributed by atoms with Crippen molar-refractivity contribution in [3.8, 4) is 0 Å². The fourth-order valence-corrected chi connectivity index (χ4v) is 3.72. The largest absolute Gasteiger partial charge is 0.394 e. The Hall–Kier alpha value is -0.790. The monoisotopic (exact) mass is 328 g/mol. The van der Waals surface area contributed by atoms with Crippen molar-refractivity contribution < 1.29 is 30.0 Å². The molecule has 6 heteroatoms. The van der Waals surface area contributed by atoms with Crippen LogP contribution in [0.15, 0.2) is 11.6 Å². The second-order valence-corrected chi connectivity index (χ2v) is 6.62. The van der Waals surface area contributed by atoms with Crippen LogP contribution in [0.3, 0.4) is 0 Å². The van der Waals surface area contributed by atoms with E-state index in [9.17, 15) is 25.2 Å². The molecule has 1 aliphatic carbocycles. The van der Waals surface area contributed by atoms with Crippen LogP contribution in [-0.4, -0.2) is 63.3 Å². The molecule has 6 nitrogen and oxygen atoms in total. The van der Waals surface area contributed by atoms with Crippen LogP contribution in [0.1, 0.15) is 39.5 Å². The van der Waals surface area contributed by atoms with Gasteiger partial charge in [-0.2, -0.15) is 0 Å². The van der Waals surface area contributed by atoms with Crippen LogP contribution in [0, 0.1) is 11.8 Å². The molecule has 5 unspecified atom stereocenters. The number of allylic oxidation sites excluding steroid dienone is 1. The SMILES string of the molecule is CCC[C@H]1CC(=O)C(C2OC(CO)C(O)C(O)C2O)=C[C@H]1CC. The van der Waals surface area contributed by atoms with Crippen LogP contribution in [0.25, 0.3) is 0 Å². The lowest BCUT2D eigenvalue weighted by atomic mass is 9.74. The summed E-state index contributed by atoms with van der Waals surface area (Å²) in [6.07, 6.45) is -1.09. The average Bonchev–Trinajstić information content (AvgIpc) is 2.54. The number of ether oxygens (including phenoxy) is 1. The van der Waals surface area contributed by atoms with Gasteiger partial charge in [-0.05, 0) is 24.7 Å². The first-order chi connectivity index (χ1) is 10.9. The van der Waals surface area contributed by atoms with Gasteiger partial charge >= 0.3 is 0 Å². The van der Waals surface area contributed by atoms with E-state index < -0.39 is 37.1 Å². The molecule has 0 amide bonds. The summed E-state index contributed by atoms with van der Waals surface area (Å²) in [4.78, 5) is 12.5. The van der Waals surface area contributed by atoms with Crippen LogP contribution in [0.4, 0.5) is 0 Å². The predicted molar refractivity (Wildman–Crippen MR) is 83.7 cm³/mol. The minimum Gasteiger partial charge on any atom is -0.394 e. The Morgan fingerprint density at radius 1 is 1.17 bits per heavy atom. The third-order valence-corrected chi connectivity index (χ3v) is 5.10. The van der Waals surface area contributed by atoms with E-state index in [4.69, 9.17) is 4.74 Å². The molecule has 0 aromatic heterocycles. The molecule has 2 aliphatic rings. The molecule has 132 valence electrons. The smallest absolute Gasteiger partial charge is 0.161 e. The third-order valence-electron chi connectivity index (χ3n) is 5.10. The van der Waals surface area contributed by atoms with E-state index in [1.54, 1.807) is 0 Å². The molecular weight excluding hydrogens is 300 g/mol. The molecule has 1 fully saturated rings. The fourth-order valence-electron chi connectivity index (χ4n) is 3.72. The summed E-state index contributed by atoms with van der Waals surface area (Å²) in [5.41, 5.74) is 0.362. The standard InChI is InChI=1S/C17H28O6/c1-3-5-10-7-12(19)11(6-9(10)4-2)17-16(22)15(21)14(20)13(8-18)23-17/h6,9-10,13-18,20-22H,3-5,7-8H2,1-2H3/t9-,10+,13?,14?,15?,16?,17?/m1/s1. The maximum absolute atomic E-state index is 12.5. The molecule has 1 aliphatic heterocycles. The van der Waals surface area contributed by atoms with Gasteiger partial charge in [0.1, 0.15) is 30.5 Å². The summed E-state index contributed by atoms with van der Waals surface area (Å²) >= 11 is 0. The Morgan fingerprint density at radius 2 is 1.87 bits per heavy atom. The molecule has 0 aromatic rings. The zero-order chi connectivity index (χ0) is 17.1. The molecule has 2 rings (SSSR count). The van der Waals surface area contributed by atoms with Crippen molar-refractivity contribution in [3.05, 3.63) is 11.6 Å². The number of ketones is 1. The van der Waals surface area contributed by atoms with Gasteiger partial charge in [-0.15, -0.1) is 0 Å². The van der Waals surface area contributed by atoms with Crippen LogP contribution in [-0.2, 0) is 9.53 Å². The fraction of sp³-hybridized carbons (Fsp3) is 0.824. The normalized spacial score (nSPS) is 41.7. The van der Waals surface area contributed by atoms with Gasteiger partial charge in [-0.3, -0.25) is 4.79 Å². The molecular formula is C17H28O6. The highest BCUT2D eigenvalue weighted by Gasteiger charge is 2.47. The van der Waals surface area contributed by atoms with Crippen molar-refractivity contribution in [2.45, 2.75) is 70.1 Å². The van der Waals surface area contributed by atoms with Gasteiger partial charge in [0, 0.05) is 12.0 Å². The molecule has 0 saturated carbocycles. The van der Waals surface area contributed by atoms with Gasteiger partial charge in [0.05, 0.1) is 6.61 Å². The molecule has 0 radical (unpaired) electrons. The molecule has 4 N–H and O–H groups in total. The van der Waals surface area contributed by atoms with Crippen molar-refractivity contribution in [1.29, 1.82) is 0 Å². The number of rotatable bonds is 5. The van der Waals surface area contributed by atoms with Crippen molar-refractivity contribution in [2.24, 2.45) is 11.8 Å². The highest BCUT2D eigenvalue weighted by atomic mass is 16.5. The molecule has 0 aromatic carbocycles. The summed E-state index contributed by atoms with van der Waals surface area (Å²) in [6.45, 7) is 3.66. The lowest BCUT2D eigenvalue weighted by Crippen LogP contribution is -2.59. The van der Waals surface area contributed by atoms with E-state index in [2.05, 4.69) is 13.8 Å². The first-order valence-corrected chi connectivity index (χ1v) is 8.49. The maximum atomic E-state index is 12.5. The van der Waals surface area contributed by atoms with Gasteiger partial charge in [0.2, 0.25) is 0 Å². The summed E-state index contributed by atoms with van der Waals surface area (Å²) in [6, 6.07) is 0. The predicted octanol–water partition coefficient (Wildman–Crippen LogP) is 0.170. The van der Waals surface area contributed by atoms with E-state index in [1.807, 2.05) is 6.08 Å². The van der Waals surface area contributed by atoms with Crippen LogP contribution in [0.2, 0.25) is 0 Å². The van der Waals surface area contributed by atoms with Crippen molar-refractivity contribution >= 4 is 5.78 Å². The van der Waals surface area contributed by atoms with E-state index >= 15 is 0 Å². The zero-order valence-electron chi connectivity index (χ0n) is 13.8. The molecule has 23 heavy (non-hydrogen) atoms. The Labute approximate surface area is 136 Å². The van der Waals surface area contributed by atoms with E-state index in [0.29, 0.717) is 17.9 Å². The molecule has 0 spiro atoms. The first-order valence-electron chi connectivity index (χ1n) is 8.49. The summed E-state index contributed by atoms with van der Waals surface area (Å²) in [5.74, 6) is 0.443. The molecule has 0 bridgehead atoms. The quantitative estimate of drug-likeness (QED) is 0.573. The Kier molecular flexibility index (Phi) is 6.33. The second-order valence-electron chi connectivity index (χ2n) is 6.62. The molecule has 7 atom stereocenters. The van der Waals surface area contributed by atoms with Gasteiger partial charge in [0.25, 0.3) is 0 Å². The molecule has 1 saturated heterocycles. The number of aliphatic hydroxyl groups is 4. The van der Waals surface area contributed by atoms with Crippen LogP contribution < -0.4 is 0 Å². The lowest BCUT2D eigenvalue weighted by Gasteiger charge is -2.42. The van der Waals surface area contributed by atoms with Gasteiger partial charge in [-0.1, -0.05) is 26.3 Å². The average molecular weight is 328 g/mol. The highest BCUT2D eigenvalue weighted by molar-refractivity contribution is 5.97. The topological polar surface area (TPSA) is 107 Å². The van der Waals surface area contributed by atoms with Gasteiger partial charge < -0.3 is 25.2 Å². The lowest BCUT2D eigenvalue weighted by molar-refractivity contribution is -0.220. The third kappa shape index (κ3) is 3.67. The van der Waals surface area contributed by atoms with E-state index in [1.165, 1.54) is 0 Å². The number of carbonyl (C=O) groups excluding carboxylic acids is 1. The van der Waals surface area contributed by atoms with Crippen LogP contribution >= 0.6 is 0 Å². The minimum absolute atomic E-state index is 0.0857. The zero-order valence-corrected chi connectivity index (χ0v) is 13.8. The molecule has 1 heterocycles. The van der Waals surface area contributed by atoms with Crippen molar-refractivity contribution in [2.75, 3.05) is 6.61 Å². The summed E-state index contributed by atoms with van der Waals surface area (Å²) in [5, 5.41) is 39.3. The summed E-state index contributed by atoms with van der Waals surface area (Å²) < 4.78 is 5.53. The van der Waals surface area contributed by atoms with E-state index in [-0.39, 0.29) is 11.7 Å². The minimum atomic E-state index is -1.45. The maximum Gasteiger partial charge on any atom is 0.161 e. The first kappa shape index (κ1) is 18.5. The van der Waals surface area contributed by atoms with Crippen LogP contribution in [0.5, 0.6) is 0 Å². The second kappa shape index (κ2) is 7.85. The highest BCUT2D eigenvalue weighted by Crippen LogP contribution is 2.36. The van der Waals surface area contributed by atoms with Crippen molar-refractivity contribution in [1.82, 2.24) is 0 Å². The Balaban J connectivity index is 2.26. The van der Waals surface area contributed by atoms with Crippen molar-refractivity contribution in [3.63, 3.8) is 0 Å². The number of hydrogen-bond donors (Lipinski definition) is 4. The van der Waals surface area contributed by atoms with Gasteiger partial charge in [0.15, 0.2) is 5.78 Å². The number of Topliss-reactive ketones (excluding diaryl/α,β-unsaturated/α-hetero) is 1. The van der Waals surface area contributed by atoms with E-state index in [0.717, 1.165) is 19.3 Å². The Morgan fingerprint density at radius 3 is 2.43 bits per heavy atom. The van der Waals surface area contributed by atoms with Gasteiger partial charge in [-0.25, -0.2) is 0 Å².